The third-order valence-electron chi connectivity index (χ3n) is 4.86. The van der Waals surface area contributed by atoms with E-state index >= 15 is 0 Å². The lowest BCUT2D eigenvalue weighted by Gasteiger charge is -2.38. The number of likely N-dealkylation sites (N-methyl/N-ethyl adjacent to an activating group) is 1. The molecule has 1 atom stereocenters. The van der Waals surface area contributed by atoms with Gasteiger partial charge in [-0.15, -0.1) is 0 Å². The molecule has 0 aromatic heterocycles. The van der Waals surface area contributed by atoms with Crippen LogP contribution in [0.25, 0.3) is 0 Å². The predicted octanol–water partition coefficient (Wildman–Crippen LogP) is 3.85. The highest BCUT2D eigenvalue weighted by atomic mass is 35.5. The van der Waals surface area contributed by atoms with Crippen molar-refractivity contribution in [1.29, 1.82) is 0 Å². The third-order valence-corrected chi connectivity index (χ3v) is 5.43. The van der Waals surface area contributed by atoms with Gasteiger partial charge in [-0.3, -0.25) is 9.69 Å². The Morgan fingerprint density at radius 1 is 1.11 bits per heavy atom. The molecule has 0 saturated carbocycles. The largest absolute Gasteiger partial charge is 0.350 e. The first-order valence-corrected chi connectivity index (χ1v) is 9.61. The predicted molar refractivity (Wildman–Crippen MR) is 107 cm³/mol. The van der Waals surface area contributed by atoms with E-state index in [-0.39, 0.29) is 17.8 Å². The van der Waals surface area contributed by atoms with Crippen molar-refractivity contribution < 1.29 is 9.18 Å². The first kappa shape index (κ1) is 20.1. The molecular formula is C20H22Cl2FN3O. The van der Waals surface area contributed by atoms with Gasteiger partial charge in [-0.1, -0.05) is 35.3 Å². The number of piperazine rings is 1. The number of carbonyl (C=O) groups excluding carboxylic acids is 1. The lowest BCUT2D eigenvalue weighted by molar-refractivity contribution is 0.0886. The van der Waals surface area contributed by atoms with E-state index in [1.807, 2.05) is 0 Å². The minimum absolute atomic E-state index is 0.0405. The highest BCUT2D eigenvalue weighted by Crippen LogP contribution is 2.24. The highest BCUT2D eigenvalue weighted by molar-refractivity contribution is 6.35. The van der Waals surface area contributed by atoms with Gasteiger partial charge in [0.15, 0.2) is 0 Å². The average Bonchev–Trinajstić information content (AvgIpc) is 2.66. The van der Waals surface area contributed by atoms with Crippen molar-refractivity contribution in [3.8, 4) is 0 Å². The summed E-state index contributed by atoms with van der Waals surface area (Å²) in [6, 6.07) is 11.2. The molecular weight excluding hydrogens is 388 g/mol. The minimum Gasteiger partial charge on any atom is -0.350 e. The Morgan fingerprint density at radius 3 is 2.44 bits per heavy atom. The van der Waals surface area contributed by atoms with Gasteiger partial charge in [0.25, 0.3) is 5.91 Å². The maximum Gasteiger partial charge on any atom is 0.252 e. The van der Waals surface area contributed by atoms with E-state index in [0.717, 1.165) is 31.7 Å². The molecule has 0 bridgehead atoms. The van der Waals surface area contributed by atoms with Gasteiger partial charge in [0.1, 0.15) is 5.82 Å². The smallest absolute Gasteiger partial charge is 0.252 e. The lowest BCUT2D eigenvalue weighted by Crippen LogP contribution is -2.48. The SMILES string of the molecule is CN1CCN([C@@H](CNC(=O)c2cc(Cl)ccc2Cl)c2ccc(F)cc2)CC1. The Morgan fingerprint density at radius 2 is 1.78 bits per heavy atom. The van der Waals surface area contributed by atoms with Gasteiger partial charge in [0, 0.05) is 37.7 Å². The molecule has 1 aliphatic heterocycles. The molecule has 3 rings (SSSR count). The van der Waals surface area contributed by atoms with Crippen molar-refractivity contribution in [3.63, 3.8) is 0 Å². The van der Waals surface area contributed by atoms with E-state index < -0.39 is 0 Å². The summed E-state index contributed by atoms with van der Waals surface area (Å²) in [5.41, 5.74) is 1.32. The van der Waals surface area contributed by atoms with Crippen molar-refractivity contribution in [2.45, 2.75) is 6.04 Å². The summed E-state index contributed by atoms with van der Waals surface area (Å²) in [6.07, 6.45) is 0. The van der Waals surface area contributed by atoms with E-state index in [4.69, 9.17) is 23.2 Å². The fourth-order valence-electron chi connectivity index (χ4n) is 3.23. The summed E-state index contributed by atoms with van der Waals surface area (Å²) in [6.45, 7) is 4.06. The molecule has 0 radical (unpaired) electrons. The Balaban J connectivity index is 1.75. The molecule has 0 spiro atoms. The second-order valence-corrected chi connectivity index (χ2v) is 7.58. The molecule has 27 heavy (non-hydrogen) atoms. The van der Waals surface area contributed by atoms with Crippen LogP contribution in [0, 0.1) is 5.82 Å². The Kier molecular flexibility index (Phi) is 6.71. The molecule has 1 saturated heterocycles. The van der Waals surface area contributed by atoms with Gasteiger partial charge < -0.3 is 10.2 Å². The van der Waals surface area contributed by atoms with Crippen molar-refractivity contribution in [1.82, 2.24) is 15.1 Å². The van der Waals surface area contributed by atoms with Gasteiger partial charge in [-0.25, -0.2) is 4.39 Å². The van der Waals surface area contributed by atoms with E-state index in [1.165, 1.54) is 12.1 Å². The standard InChI is InChI=1S/C20H22Cl2FN3O/c1-25-8-10-26(11-9-25)19(14-2-5-16(23)6-3-14)13-24-20(27)17-12-15(21)4-7-18(17)22/h2-7,12,19H,8-11,13H2,1H3,(H,24,27)/t19-/m0/s1. The number of halogens is 3. The maximum atomic E-state index is 13.3. The van der Waals surface area contributed by atoms with Crippen molar-refractivity contribution in [3.05, 3.63) is 69.5 Å². The molecule has 1 fully saturated rings. The number of hydrogen-bond acceptors (Lipinski definition) is 3. The third kappa shape index (κ3) is 5.20. The molecule has 1 N–H and O–H groups in total. The normalized spacial score (nSPS) is 16.9. The van der Waals surface area contributed by atoms with Crippen LogP contribution in [0.4, 0.5) is 4.39 Å². The zero-order valence-electron chi connectivity index (χ0n) is 15.1. The lowest BCUT2D eigenvalue weighted by atomic mass is 10.0. The summed E-state index contributed by atoms with van der Waals surface area (Å²) < 4.78 is 13.3. The average molecular weight is 410 g/mol. The number of nitrogens with one attached hydrogen (secondary N) is 1. The number of benzene rings is 2. The molecule has 7 heteroatoms. The van der Waals surface area contributed by atoms with Crippen LogP contribution >= 0.6 is 23.2 Å². The van der Waals surface area contributed by atoms with Crippen LogP contribution in [0.15, 0.2) is 42.5 Å². The van der Waals surface area contributed by atoms with E-state index in [1.54, 1.807) is 30.3 Å². The number of nitrogens with zero attached hydrogens (tertiary/aromatic N) is 2. The van der Waals surface area contributed by atoms with Crippen LogP contribution in [0.5, 0.6) is 0 Å². The molecule has 144 valence electrons. The minimum atomic E-state index is -0.274. The summed E-state index contributed by atoms with van der Waals surface area (Å²) in [4.78, 5) is 17.2. The fourth-order valence-corrected chi connectivity index (χ4v) is 3.61. The maximum absolute atomic E-state index is 13.3. The van der Waals surface area contributed by atoms with E-state index in [9.17, 15) is 9.18 Å². The van der Waals surface area contributed by atoms with Crippen molar-refractivity contribution >= 4 is 29.1 Å². The first-order valence-electron chi connectivity index (χ1n) is 8.85. The van der Waals surface area contributed by atoms with Gasteiger partial charge in [0.05, 0.1) is 16.6 Å². The number of hydrogen-bond donors (Lipinski definition) is 1. The zero-order valence-corrected chi connectivity index (χ0v) is 16.6. The van der Waals surface area contributed by atoms with Gasteiger partial charge in [0.2, 0.25) is 0 Å². The van der Waals surface area contributed by atoms with Crippen LogP contribution in [0.3, 0.4) is 0 Å². The summed E-state index contributed by atoms with van der Waals surface area (Å²) >= 11 is 12.1. The molecule has 2 aromatic carbocycles. The summed E-state index contributed by atoms with van der Waals surface area (Å²) in [5.74, 6) is -0.547. The Bertz CT molecular complexity index is 792. The Labute approximate surface area is 168 Å². The van der Waals surface area contributed by atoms with Gasteiger partial charge >= 0.3 is 0 Å². The van der Waals surface area contributed by atoms with Crippen LogP contribution in [0.1, 0.15) is 22.0 Å². The fraction of sp³-hybridized carbons (Fsp3) is 0.350. The monoisotopic (exact) mass is 409 g/mol. The van der Waals surface area contributed by atoms with Gasteiger partial charge in [-0.2, -0.15) is 0 Å². The molecule has 0 aliphatic carbocycles. The summed E-state index contributed by atoms with van der Waals surface area (Å²) in [7, 11) is 2.09. The molecule has 1 aliphatic rings. The quantitative estimate of drug-likeness (QED) is 0.814. The van der Waals surface area contributed by atoms with E-state index in [2.05, 4.69) is 22.2 Å². The van der Waals surface area contributed by atoms with Gasteiger partial charge in [-0.05, 0) is 42.9 Å². The molecule has 1 heterocycles. The molecule has 0 unspecified atom stereocenters. The summed E-state index contributed by atoms with van der Waals surface area (Å²) in [5, 5.41) is 3.77. The molecule has 2 aromatic rings. The number of amides is 1. The number of rotatable bonds is 5. The van der Waals surface area contributed by atoms with Crippen LogP contribution in [-0.4, -0.2) is 55.5 Å². The molecule has 4 nitrogen and oxygen atoms in total. The van der Waals surface area contributed by atoms with Crippen molar-refractivity contribution in [2.75, 3.05) is 39.8 Å². The molecule has 1 amide bonds. The van der Waals surface area contributed by atoms with E-state index in [0.29, 0.717) is 22.2 Å². The zero-order chi connectivity index (χ0) is 19.4. The highest BCUT2D eigenvalue weighted by Gasteiger charge is 2.25. The van der Waals surface area contributed by atoms with Crippen LogP contribution in [-0.2, 0) is 0 Å². The van der Waals surface area contributed by atoms with Crippen LogP contribution < -0.4 is 5.32 Å². The first-order chi connectivity index (χ1) is 12.9. The second kappa shape index (κ2) is 9.02. The second-order valence-electron chi connectivity index (χ2n) is 6.74. The topological polar surface area (TPSA) is 35.6 Å². The van der Waals surface area contributed by atoms with Crippen LogP contribution in [0.2, 0.25) is 10.0 Å². The number of carbonyl (C=O) groups is 1. The van der Waals surface area contributed by atoms with Crippen molar-refractivity contribution in [2.24, 2.45) is 0 Å². The Hall–Kier alpha value is -1.66.